The zero-order chi connectivity index (χ0) is 15.0. The van der Waals surface area contributed by atoms with Gasteiger partial charge in [-0.15, -0.1) is 0 Å². The summed E-state index contributed by atoms with van der Waals surface area (Å²) in [5.74, 6) is 1.05. The van der Waals surface area contributed by atoms with Crippen molar-refractivity contribution >= 4 is 10.8 Å². The van der Waals surface area contributed by atoms with Crippen molar-refractivity contribution < 1.29 is 4.52 Å². The molecule has 0 saturated heterocycles. The van der Waals surface area contributed by atoms with Crippen LogP contribution in [-0.4, -0.2) is 15.1 Å². The fraction of sp³-hybridized carbons (Fsp3) is 0.353. The first-order valence-corrected chi connectivity index (χ1v) is 7.73. The number of hydrogen-bond donors (Lipinski definition) is 1. The maximum Gasteiger partial charge on any atom is 0.277 e. The molecule has 2 N–H and O–H groups in total. The highest BCUT2D eigenvalue weighted by molar-refractivity contribution is 5.92. The largest absolute Gasteiger partial charge is 0.332 e. The minimum Gasteiger partial charge on any atom is -0.332 e. The van der Waals surface area contributed by atoms with Crippen molar-refractivity contribution in [2.24, 2.45) is 5.73 Å². The van der Waals surface area contributed by atoms with Crippen LogP contribution in [0.4, 0.5) is 0 Å². The molecule has 0 radical (unpaired) electrons. The molecule has 1 aliphatic rings. The summed E-state index contributed by atoms with van der Waals surface area (Å²) in [6, 6.07) is 10.0. The van der Waals surface area contributed by atoms with Crippen LogP contribution in [0.1, 0.15) is 37.9 Å². The topological polar surface area (TPSA) is 77.8 Å². The lowest BCUT2D eigenvalue weighted by atomic mass is 9.82. The van der Waals surface area contributed by atoms with E-state index in [4.69, 9.17) is 10.3 Å². The van der Waals surface area contributed by atoms with E-state index in [1.165, 1.54) is 6.42 Å². The molecule has 4 rings (SSSR count). The number of fused-ring (bicyclic) bond motifs is 1. The normalized spacial score (nSPS) is 17.7. The van der Waals surface area contributed by atoms with Gasteiger partial charge in [-0.3, -0.25) is 4.98 Å². The molecule has 5 nitrogen and oxygen atoms in total. The summed E-state index contributed by atoms with van der Waals surface area (Å²) in [6.07, 6.45) is 7.05. The van der Waals surface area contributed by atoms with Gasteiger partial charge in [0, 0.05) is 11.6 Å². The van der Waals surface area contributed by atoms with Crippen molar-refractivity contribution in [1.29, 1.82) is 0 Å². The highest BCUT2D eigenvalue weighted by Gasteiger charge is 2.34. The summed E-state index contributed by atoms with van der Waals surface area (Å²) < 4.78 is 5.47. The van der Waals surface area contributed by atoms with Crippen molar-refractivity contribution in [2.75, 3.05) is 0 Å². The fourth-order valence-electron chi connectivity index (χ4n) is 3.22. The second-order valence-electron chi connectivity index (χ2n) is 6.02. The molecule has 0 bridgehead atoms. The van der Waals surface area contributed by atoms with Crippen LogP contribution in [0.25, 0.3) is 22.4 Å². The Balaban J connectivity index is 1.77. The molecular formula is C17H18N4O. The molecule has 0 amide bonds. The zero-order valence-corrected chi connectivity index (χ0v) is 12.3. The number of nitrogens with zero attached hydrogens (tertiary/aromatic N) is 3. The van der Waals surface area contributed by atoms with Gasteiger partial charge < -0.3 is 10.3 Å². The number of hydrogen-bond acceptors (Lipinski definition) is 5. The van der Waals surface area contributed by atoms with Gasteiger partial charge in [0.2, 0.25) is 0 Å². The van der Waals surface area contributed by atoms with E-state index in [9.17, 15) is 0 Å². The van der Waals surface area contributed by atoms with Crippen LogP contribution < -0.4 is 5.73 Å². The van der Waals surface area contributed by atoms with E-state index in [1.807, 2.05) is 30.3 Å². The van der Waals surface area contributed by atoms with E-state index < -0.39 is 5.54 Å². The van der Waals surface area contributed by atoms with Gasteiger partial charge in [0.05, 0.1) is 5.54 Å². The second-order valence-corrected chi connectivity index (χ2v) is 6.02. The van der Waals surface area contributed by atoms with Crippen molar-refractivity contribution in [2.45, 2.75) is 37.6 Å². The quantitative estimate of drug-likeness (QED) is 0.783. The molecule has 0 aliphatic heterocycles. The lowest BCUT2D eigenvalue weighted by molar-refractivity contribution is 0.275. The molecule has 2 aromatic heterocycles. The predicted molar refractivity (Wildman–Crippen MR) is 84.0 cm³/mol. The predicted octanol–water partition coefficient (Wildman–Crippen LogP) is 3.40. The molecule has 0 spiro atoms. The standard InChI is InChI=1S/C17H18N4O/c18-17(9-4-1-5-10-17)16-20-15(22-21-16)14-13-7-3-2-6-12(13)8-11-19-14/h2-3,6-8,11H,1,4-5,9-10,18H2. The molecular weight excluding hydrogens is 276 g/mol. The van der Waals surface area contributed by atoms with Gasteiger partial charge in [-0.1, -0.05) is 48.7 Å². The third-order valence-corrected chi connectivity index (χ3v) is 4.49. The Morgan fingerprint density at radius 3 is 2.73 bits per heavy atom. The minimum atomic E-state index is -0.454. The minimum absolute atomic E-state index is 0.446. The number of rotatable bonds is 2. The maximum absolute atomic E-state index is 6.48. The van der Waals surface area contributed by atoms with Crippen molar-refractivity contribution in [3.05, 3.63) is 42.4 Å². The first-order valence-electron chi connectivity index (χ1n) is 7.73. The van der Waals surface area contributed by atoms with Crippen molar-refractivity contribution in [1.82, 2.24) is 15.1 Å². The second kappa shape index (κ2) is 5.18. The average molecular weight is 294 g/mol. The van der Waals surface area contributed by atoms with E-state index in [-0.39, 0.29) is 0 Å². The highest BCUT2D eigenvalue weighted by atomic mass is 16.5. The molecule has 112 valence electrons. The first kappa shape index (κ1) is 13.4. The van der Waals surface area contributed by atoms with Crippen molar-refractivity contribution in [3.63, 3.8) is 0 Å². The van der Waals surface area contributed by atoms with E-state index >= 15 is 0 Å². The molecule has 1 aromatic carbocycles. The van der Waals surface area contributed by atoms with Gasteiger partial charge >= 0.3 is 0 Å². The fourth-order valence-corrected chi connectivity index (χ4v) is 3.22. The third-order valence-electron chi connectivity index (χ3n) is 4.49. The smallest absolute Gasteiger partial charge is 0.277 e. The molecule has 5 heteroatoms. The van der Waals surface area contributed by atoms with Gasteiger partial charge in [-0.05, 0) is 24.3 Å². The lowest BCUT2D eigenvalue weighted by Crippen LogP contribution is -2.39. The van der Waals surface area contributed by atoms with Crippen LogP contribution in [0, 0.1) is 0 Å². The van der Waals surface area contributed by atoms with Gasteiger partial charge in [0.15, 0.2) is 5.82 Å². The third kappa shape index (κ3) is 2.18. The van der Waals surface area contributed by atoms with Crippen LogP contribution >= 0.6 is 0 Å². The molecule has 0 unspecified atom stereocenters. The highest BCUT2D eigenvalue weighted by Crippen LogP contribution is 2.34. The molecule has 1 saturated carbocycles. The Labute approximate surface area is 128 Å². The van der Waals surface area contributed by atoms with Gasteiger partial charge in [-0.2, -0.15) is 4.98 Å². The Bertz CT molecular complexity index is 800. The van der Waals surface area contributed by atoms with E-state index in [0.29, 0.717) is 11.7 Å². The van der Waals surface area contributed by atoms with Crippen LogP contribution in [0.3, 0.4) is 0 Å². The maximum atomic E-state index is 6.48. The lowest BCUT2D eigenvalue weighted by Gasteiger charge is -2.29. The van der Waals surface area contributed by atoms with E-state index in [2.05, 4.69) is 15.1 Å². The van der Waals surface area contributed by atoms with Gasteiger partial charge in [0.25, 0.3) is 5.89 Å². The van der Waals surface area contributed by atoms with Crippen molar-refractivity contribution in [3.8, 4) is 11.6 Å². The first-order chi connectivity index (χ1) is 10.8. The molecule has 22 heavy (non-hydrogen) atoms. The van der Waals surface area contributed by atoms with E-state index in [1.54, 1.807) is 6.20 Å². The summed E-state index contributed by atoms with van der Waals surface area (Å²) in [4.78, 5) is 8.98. The SMILES string of the molecule is NC1(c2noc(-c3nccc4ccccc34)n2)CCCCC1. The molecule has 3 aromatic rings. The number of benzene rings is 1. The summed E-state index contributed by atoms with van der Waals surface area (Å²) in [5, 5.41) is 6.26. The average Bonchev–Trinajstić information content (AvgIpc) is 3.06. The molecule has 1 fully saturated rings. The van der Waals surface area contributed by atoms with Crippen LogP contribution in [0.15, 0.2) is 41.1 Å². The Morgan fingerprint density at radius 2 is 1.86 bits per heavy atom. The summed E-state index contributed by atoms with van der Waals surface area (Å²) in [5.41, 5.74) is 6.74. The Kier molecular flexibility index (Phi) is 3.15. The summed E-state index contributed by atoms with van der Waals surface area (Å²) >= 11 is 0. The molecule has 1 aliphatic carbocycles. The van der Waals surface area contributed by atoms with E-state index in [0.717, 1.165) is 42.1 Å². The monoisotopic (exact) mass is 294 g/mol. The number of aromatic nitrogens is 3. The summed E-state index contributed by atoms with van der Waals surface area (Å²) in [7, 11) is 0. The van der Waals surface area contributed by atoms with Gasteiger partial charge in [-0.25, -0.2) is 0 Å². The van der Waals surface area contributed by atoms with Crippen LogP contribution in [-0.2, 0) is 5.54 Å². The number of nitrogens with two attached hydrogens (primary N) is 1. The van der Waals surface area contributed by atoms with Gasteiger partial charge in [0.1, 0.15) is 5.69 Å². The zero-order valence-electron chi connectivity index (χ0n) is 12.3. The summed E-state index contributed by atoms with van der Waals surface area (Å²) in [6.45, 7) is 0. The van der Waals surface area contributed by atoms with Crippen LogP contribution in [0.2, 0.25) is 0 Å². The molecule has 2 heterocycles. The molecule has 0 atom stereocenters. The Morgan fingerprint density at radius 1 is 1.05 bits per heavy atom. The Hall–Kier alpha value is -2.27. The van der Waals surface area contributed by atoms with Crippen LogP contribution in [0.5, 0.6) is 0 Å². The number of pyridine rings is 1.